The summed E-state index contributed by atoms with van der Waals surface area (Å²) >= 11 is 1.40. The molecule has 5 nitrogen and oxygen atoms in total. The summed E-state index contributed by atoms with van der Waals surface area (Å²) in [6.07, 6.45) is 2.44. The van der Waals surface area contributed by atoms with Crippen LogP contribution >= 0.6 is 11.3 Å². The van der Waals surface area contributed by atoms with Crippen molar-refractivity contribution in [3.8, 4) is 0 Å². The molecule has 1 N–H and O–H groups in total. The van der Waals surface area contributed by atoms with E-state index in [1.807, 2.05) is 42.2 Å². The van der Waals surface area contributed by atoms with Gasteiger partial charge in [-0.2, -0.15) is 0 Å². The van der Waals surface area contributed by atoms with Gasteiger partial charge in [-0.15, -0.1) is 11.3 Å². The molecule has 6 heteroatoms. The number of hydrogen-bond donors (Lipinski definition) is 1. The minimum Gasteiger partial charge on any atom is -0.350 e. The number of nitrogens with one attached hydrogen (secondary N) is 1. The van der Waals surface area contributed by atoms with Gasteiger partial charge in [-0.05, 0) is 31.7 Å². The molecule has 4 rings (SSSR count). The molecular formula is C19H21N3O2S. The molecule has 0 saturated carbocycles. The van der Waals surface area contributed by atoms with Crippen LogP contribution in [0, 0.1) is 6.92 Å². The third kappa shape index (κ3) is 2.95. The standard InChI is InChI=1S/C19H21N3O2S/c1-13-16(25-12-20-13)18(24)22-9-7-19(8-10-22)11-15(17(23)21-19)14-5-3-2-4-6-14/h2-6,12,15H,7-11H2,1H3,(H,21,23)/t15-/m1/s1. The van der Waals surface area contributed by atoms with Crippen LogP contribution in [0.4, 0.5) is 0 Å². The number of thiazole rings is 1. The van der Waals surface area contributed by atoms with Crippen LogP contribution in [0.2, 0.25) is 0 Å². The summed E-state index contributed by atoms with van der Waals surface area (Å²) in [6, 6.07) is 9.97. The van der Waals surface area contributed by atoms with Gasteiger partial charge in [0.15, 0.2) is 0 Å². The number of benzene rings is 1. The van der Waals surface area contributed by atoms with Crippen molar-refractivity contribution in [1.29, 1.82) is 0 Å². The smallest absolute Gasteiger partial charge is 0.265 e. The van der Waals surface area contributed by atoms with Gasteiger partial charge in [-0.25, -0.2) is 4.98 Å². The van der Waals surface area contributed by atoms with E-state index in [0.29, 0.717) is 13.1 Å². The first-order chi connectivity index (χ1) is 12.1. The van der Waals surface area contributed by atoms with Crippen molar-refractivity contribution in [2.45, 2.75) is 37.6 Å². The Labute approximate surface area is 151 Å². The number of aromatic nitrogens is 1. The van der Waals surface area contributed by atoms with Gasteiger partial charge < -0.3 is 10.2 Å². The van der Waals surface area contributed by atoms with Gasteiger partial charge in [0.2, 0.25) is 5.91 Å². The fourth-order valence-electron chi connectivity index (χ4n) is 3.96. The Kier molecular flexibility index (Phi) is 4.07. The summed E-state index contributed by atoms with van der Waals surface area (Å²) in [5.41, 5.74) is 3.43. The Morgan fingerprint density at radius 3 is 2.64 bits per heavy atom. The average Bonchev–Trinajstić information content (AvgIpc) is 3.19. The van der Waals surface area contributed by atoms with Crippen LogP contribution in [0.5, 0.6) is 0 Å². The molecule has 2 aromatic rings. The van der Waals surface area contributed by atoms with Crippen molar-refractivity contribution >= 4 is 23.2 Å². The maximum Gasteiger partial charge on any atom is 0.265 e. The molecule has 2 fully saturated rings. The molecule has 2 amide bonds. The zero-order chi connectivity index (χ0) is 17.4. The quantitative estimate of drug-likeness (QED) is 0.901. The lowest BCUT2D eigenvalue weighted by Gasteiger charge is -2.39. The van der Waals surface area contributed by atoms with Crippen molar-refractivity contribution in [3.63, 3.8) is 0 Å². The van der Waals surface area contributed by atoms with Gasteiger partial charge in [0.05, 0.1) is 17.1 Å². The van der Waals surface area contributed by atoms with E-state index in [9.17, 15) is 9.59 Å². The maximum atomic E-state index is 12.6. The van der Waals surface area contributed by atoms with Crippen LogP contribution in [-0.2, 0) is 4.79 Å². The molecular weight excluding hydrogens is 334 g/mol. The highest BCUT2D eigenvalue weighted by Crippen LogP contribution is 2.39. The maximum absolute atomic E-state index is 12.6. The first-order valence-corrected chi connectivity index (χ1v) is 9.52. The zero-order valence-corrected chi connectivity index (χ0v) is 15.0. The van der Waals surface area contributed by atoms with E-state index in [1.54, 1.807) is 5.51 Å². The summed E-state index contributed by atoms with van der Waals surface area (Å²) < 4.78 is 0. The Hall–Kier alpha value is -2.21. The number of carbonyl (C=O) groups is 2. The molecule has 0 radical (unpaired) electrons. The Morgan fingerprint density at radius 1 is 1.28 bits per heavy atom. The second-order valence-corrected chi connectivity index (χ2v) is 7.85. The van der Waals surface area contributed by atoms with E-state index >= 15 is 0 Å². The van der Waals surface area contributed by atoms with Gasteiger partial charge in [0.1, 0.15) is 4.88 Å². The Bertz CT molecular complexity index is 794. The molecule has 1 aromatic heterocycles. The number of amides is 2. The molecule has 3 heterocycles. The van der Waals surface area contributed by atoms with E-state index in [0.717, 1.165) is 35.4 Å². The first-order valence-electron chi connectivity index (χ1n) is 8.64. The van der Waals surface area contributed by atoms with Gasteiger partial charge in [0.25, 0.3) is 5.91 Å². The highest BCUT2D eigenvalue weighted by Gasteiger charge is 2.46. The van der Waals surface area contributed by atoms with Crippen LogP contribution in [0.15, 0.2) is 35.8 Å². The lowest BCUT2D eigenvalue weighted by Crippen LogP contribution is -2.52. The number of carbonyl (C=O) groups excluding carboxylic acids is 2. The molecule has 2 saturated heterocycles. The molecule has 0 bridgehead atoms. The third-order valence-electron chi connectivity index (χ3n) is 5.45. The van der Waals surface area contributed by atoms with E-state index in [2.05, 4.69) is 10.3 Å². The molecule has 2 aliphatic rings. The van der Waals surface area contributed by atoms with Gasteiger partial charge >= 0.3 is 0 Å². The lowest BCUT2D eigenvalue weighted by atomic mass is 9.82. The van der Waals surface area contributed by atoms with E-state index in [-0.39, 0.29) is 23.3 Å². The van der Waals surface area contributed by atoms with Crippen LogP contribution < -0.4 is 5.32 Å². The van der Waals surface area contributed by atoms with Crippen molar-refractivity contribution < 1.29 is 9.59 Å². The molecule has 1 aromatic carbocycles. The van der Waals surface area contributed by atoms with Gasteiger partial charge in [0, 0.05) is 18.6 Å². The number of likely N-dealkylation sites (tertiary alicyclic amines) is 1. The predicted molar refractivity (Wildman–Crippen MR) is 96.7 cm³/mol. The van der Waals surface area contributed by atoms with E-state index in [4.69, 9.17) is 0 Å². The second-order valence-electron chi connectivity index (χ2n) is 7.00. The van der Waals surface area contributed by atoms with E-state index < -0.39 is 0 Å². The predicted octanol–water partition coefficient (Wildman–Crippen LogP) is 2.73. The van der Waals surface area contributed by atoms with Crippen molar-refractivity contribution in [3.05, 3.63) is 52.0 Å². The molecule has 25 heavy (non-hydrogen) atoms. The van der Waals surface area contributed by atoms with E-state index in [1.165, 1.54) is 11.3 Å². The third-order valence-corrected chi connectivity index (χ3v) is 6.37. The van der Waals surface area contributed by atoms with Crippen molar-refractivity contribution in [2.24, 2.45) is 0 Å². The molecule has 0 aliphatic carbocycles. The van der Waals surface area contributed by atoms with Crippen LogP contribution in [0.3, 0.4) is 0 Å². The number of nitrogens with zero attached hydrogens (tertiary/aromatic N) is 2. The minimum absolute atomic E-state index is 0.0683. The largest absolute Gasteiger partial charge is 0.350 e. The zero-order valence-electron chi connectivity index (χ0n) is 14.2. The molecule has 0 unspecified atom stereocenters. The van der Waals surface area contributed by atoms with Crippen LogP contribution in [0.1, 0.15) is 46.1 Å². The molecule has 1 atom stereocenters. The summed E-state index contributed by atoms with van der Waals surface area (Å²) in [6.45, 7) is 3.23. The average molecular weight is 355 g/mol. The second kappa shape index (κ2) is 6.26. The fourth-order valence-corrected chi connectivity index (χ4v) is 4.72. The summed E-state index contributed by atoms with van der Waals surface area (Å²) in [7, 11) is 0. The van der Waals surface area contributed by atoms with Gasteiger partial charge in [-0.1, -0.05) is 30.3 Å². The molecule has 2 aliphatic heterocycles. The molecule has 1 spiro atoms. The normalized spacial score (nSPS) is 22.2. The van der Waals surface area contributed by atoms with Gasteiger partial charge in [-0.3, -0.25) is 9.59 Å². The summed E-state index contributed by atoms with van der Waals surface area (Å²) in [4.78, 5) is 31.9. The number of aryl methyl sites for hydroxylation is 1. The minimum atomic E-state index is -0.170. The summed E-state index contributed by atoms with van der Waals surface area (Å²) in [5, 5.41) is 3.24. The highest BCUT2D eigenvalue weighted by molar-refractivity contribution is 7.11. The highest BCUT2D eigenvalue weighted by atomic mass is 32.1. The lowest BCUT2D eigenvalue weighted by molar-refractivity contribution is -0.121. The number of rotatable bonds is 2. The monoisotopic (exact) mass is 355 g/mol. The SMILES string of the molecule is Cc1ncsc1C(=O)N1CCC2(CC1)C[C@H](c1ccccc1)C(=O)N2. The fraction of sp³-hybridized carbons (Fsp3) is 0.421. The Morgan fingerprint density at radius 2 is 2.00 bits per heavy atom. The first kappa shape index (κ1) is 16.3. The van der Waals surface area contributed by atoms with Crippen LogP contribution in [0.25, 0.3) is 0 Å². The topological polar surface area (TPSA) is 62.3 Å². The molecule has 130 valence electrons. The number of hydrogen-bond acceptors (Lipinski definition) is 4. The Balaban J connectivity index is 1.44. The summed E-state index contributed by atoms with van der Waals surface area (Å²) in [5.74, 6) is 0.107. The van der Waals surface area contributed by atoms with Crippen molar-refractivity contribution in [1.82, 2.24) is 15.2 Å². The number of piperidine rings is 1. The van der Waals surface area contributed by atoms with Crippen LogP contribution in [-0.4, -0.2) is 40.3 Å². The van der Waals surface area contributed by atoms with Crippen molar-refractivity contribution in [2.75, 3.05) is 13.1 Å².